The summed E-state index contributed by atoms with van der Waals surface area (Å²) in [5.74, 6) is -0.545. The molecule has 0 amide bonds. The maximum atomic E-state index is 12.5. The third kappa shape index (κ3) is 2.76. The smallest absolute Gasteiger partial charge is 0.416 e. The van der Waals surface area contributed by atoms with Crippen molar-refractivity contribution in [2.24, 2.45) is 0 Å². The topological polar surface area (TPSA) is 58.9 Å². The highest BCUT2D eigenvalue weighted by Crippen LogP contribution is 2.36. The fraction of sp³-hybridized carbons (Fsp3) is 0.182. The van der Waals surface area contributed by atoms with Gasteiger partial charge in [-0.05, 0) is 36.7 Å². The summed E-state index contributed by atoms with van der Waals surface area (Å²) >= 11 is 5.53. The molecule has 1 aromatic heterocycles. The molecule has 0 saturated carbocycles. The number of alkyl halides is 3. The van der Waals surface area contributed by atoms with Crippen molar-refractivity contribution >= 4 is 11.6 Å². The third-order valence-electron chi connectivity index (χ3n) is 2.42. The zero-order valence-corrected chi connectivity index (χ0v) is 10.3. The number of hydrogen-bond acceptors (Lipinski definition) is 4. The first-order chi connectivity index (χ1) is 8.79. The fourth-order valence-electron chi connectivity index (χ4n) is 1.53. The zero-order chi connectivity index (χ0) is 14.2. The second-order valence-corrected chi connectivity index (χ2v) is 4.08. The minimum Gasteiger partial charge on any atom is -0.507 e. The van der Waals surface area contributed by atoms with Gasteiger partial charge in [-0.3, -0.25) is 0 Å². The molecule has 0 aliphatic heterocycles. The first kappa shape index (κ1) is 13.5. The van der Waals surface area contributed by atoms with Crippen LogP contribution in [0.4, 0.5) is 13.2 Å². The Labute approximate surface area is 110 Å². The van der Waals surface area contributed by atoms with Gasteiger partial charge in [0.15, 0.2) is 0 Å². The van der Waals surface area contributed by atoms with E-state index in [9.17, 15) is 18.3 Å². The SMILES string of the molecule is Cc1nc(Cl)nnc1-c1ccc(C(F)(F)F)cc1O. The van der Waals surface area contributed by atoms with Gasteiger partial charge in [-0.1, -0.05) is 0 Å². The number of aryl methyl sites for hydroxylation is 1. The van der Waals surface area contributed by atoms with Gasteiger partial charge in [-0.15, -0.1) is 10.2 Å². The number of phenols is 1. The van der Waals surface area contributed by atoms with Crippen LogP contribution in [0.1, 0.15) is 11.3 Å². The Morgan fingerprint density at radius 3 is 2.42 bits per heavy atom. The molecule has 0 saturated heterocycles. The molecule has 1 N–H and O–H groups in total. The van der Waals surface area contributed by atoms with Gasteiger partial charge in [0, 0.05) is 5.56 Å². The van der Waals surface area contributed by atoms with E-state index in [0.717, 1.165) is 12.1 Å². The number of phenolic OH excluding ortho intramolecular Hbond substituents is 1. The van der Waals surface area contributed by atoms with Crippen LogP contribution in [0.25, 0.3) is 11.3 Å². The Kier molecular flexibility index (Phi) is 3.32. The summed E-state index contributed by atoms with van der Waals surface area (Å²) in [5, 5.41) is 16.8. The number of hydrogen-bond donors (Lipinski definition) is 1. The molecule has 0 spiro atoms. The summed E-state index contributed by atoms with van der Waals surface area (Å²) in [4.78, 5) is 3.82. The molecule has 1 aromatic carbocycles. The predicted molar refractivity (Wildman–Crippen MR) is 61.7 cm³/mol. The second kappa shape index (κ2) is 4.65. The lowest BCUT2D eigenvalue weighted by Crippen LogP contribution is -2.05. The number of benzene rings is 1. The maximum Gasteiger partial charge on any atom is 0.416 e. The normalized spacial score (nSPS) is 11.6. The molecule has 4 nitrogen and oxygen atoms in total. The summed E-state index contributed by atoms with van der Waals surface area (Å²) in [5.41, 5.74) is -0.297. The molecule has 19 heavy (non-hydrogen) atoms. The van der Waals surface area contributed by atoms with Gasteiger partial charge in [0.1, 0.15) is 11.4 Å². The molecule has 2 aromatic rings. The number of aromatic nitrogens is 3. The quantitative estimate of drug-likeness (QED) is 0.875. The van der Waals surface area contributed by atoms with E-state index >= 15 is 0 Å². The fourth-order valence-corrected chi connectivity index (χ4v) is 1.70. The molecular weight excluding hydrogens is 283 g/mol. The van der Waals surface area contributed by atoms with E-state index in [2.05, 4.69) is 15.2 Å². The first-order valence-electron chi connectivity index (χ1n) is 5.06. The van der Waals surface area contributed by atoms with E-state index in [0.29, 0.717) is 11.8 Å². The average molecular weight is 290 g/mol. The van der Waals surface area contributed by atoms with Crippen molar-refractivity contribution in [1.29, 1.82) is 0 Å². The van der Waals surface area contributed by atoms with Crippen LogP contribution < -0.4 is 0 Å². The molecule has 0 fully saturated rings. The van der Waals surface area contributed by atoms with E-state index in [1.165, 1.54) is 0 Å². The lowest BCUT2D eigenvalue weighted by atomic mass is 10.1. The predicted octanol–water partition coefficient (Wildman–Crippen LogP) is 3.22. The summed E-state index contributed by atoms with van der Waals surface area (Å²) in [6.45, 7) is 1.56. The van der Waals surface area contributed by atoms with Crippen molar-refractivity contribution in [1.82, 2.24) is 15.2 Å². The van der Waals surface area contributed by atoms with Crippen LogP contribution in [-0.2, 0) is 6.18 Å². The van der Waals surface area contributed by atoms with Gasteiger partial charge >= 0.3 is 6.18 Å². The first-order valence-corrected chi connectivity index (χ1v) is 5.44. The maximum absolute atomic E-state index is 12.5. The molecule has 0 aliphatic rings. The van der Waals surface area contributed by atoms with Crippen LogP contribution >= 0.6 is 11.6 Å². The van der Waals surface area contributed by atoms with Crippen molar-refractivity contribution in [3.8, 4) is 17.0 Å². The molecule has 1 heterocycles. The summed E-state index contributed by atoms with van der Waals surface area (Å²) in [6, 6.07) is 2.60. The van der Waals surface area contributed by atoms with Gasteiger partial charge in [0.05, 0.1) is 11.3 Å². The zero-order valence-electron chi connectivity index (χ0n) is 9.53. The third-order valence-corrected chi connectivity index (χ3v) is 2.58. The average Bonchev–Trinajstić information content (AvgIpc) is 2.28. The lowest BCUT2D eigenvalue weighted by molar-refractivity contribution is -0.137. The molecule has 2 rings (SSSR count). The Morgan fingerprint density at radius 2 is 1.89 bits per heavy atom. The van der Waals surface area contributed by atoms with Gasteiger partial charge in [0.25, 0.3) is 0 Å². The van der Waals surface area contributed by atoms with E-state index < -0.39 is 17.5 Å². The monoisotopic (exact) mass is 289 g/mol. The molecule has 0 unspecified atom stereocenters. The van der Waals surface area contributed by atoms with E-state index in [1.807, 2.05) is 0 Å². The minimum atomic E-state index is -4.52. The van der Waals surface area contributed by atoms with Crippen molar-refractivity contribution in [3.63, 3.8) is 0 Å². The largest absolute Gasteiger partial charge is 0.507 e. The number of rotatable bonds is 1. The summed E-state index contributed by atoms with van der Waals surface area (Å²) in [6.07, 6.45) is -4.52. The molecule has 0 atom stereocenters. The molecule has 0 radical (unpaired) electrons. The molecule has 0 bridgehead atoms. The molecular formula is C11H7ClF3N3O. The van der Waals surface area contributed by atoms with Crippen molar-refractivity contribution in [2.45, 2.75) is 13.1 Å². The van der Waals surface area contributed by atoms with Gasteiger partial charge in [-0.25, -0.2) is 4.98 Å². The number of nitrogens with zero attached hydrogens (tertiary/aromatic N) is 3. The van der Waals surface area contributed by atoms with Crippen LogP contribution in [0.2, 0.25) is 5.28 Å². The van der Waals surface area contributed by atoms with Crippen molar-refractivity contribution < 1.29 is 18.3 Å². The highest BCUT2D eigenvalue weighted by atomic mass is 35.5. The van der Waals surface area contributed by atoms with Gasteiger partial charge in [-0.2, -0.15) is 13.2 Å². The highest BCUT2D eigenvalue weighted by Gasteiger charge is 2.31. The highest BCUT2D eigenvalue weighted by molar-refractivity contribution is 6.28. The standard InChI is InChI=1S/C11H7ClF3N3O/c1-5-9(17-18-10(12)16-5)7-3-2-6(4-8(7)19)11(13,14)15/h2-4,19H,1H3. The van der Waals surface area contributed by atoms with Crippen LogP contribution in [0, 0.1) is 6.92 Å². The van der Waals surface area contributed by atoms with E-state index in [4.69, 9.17) is 11.6 Å². The Morgan fingerprint density at radius 1 is 1.21 bits per heavy atom. The van der Waals surface area contributed by atoms with Crippen LogP contribution in [0.5, 0.6) is 5.75 Å². The van der Waals surface area contributed by atoms with Gasteiger partial charge < -0.3 is 5.11 Å². The Bertz CT molecular complexity index is 631. The summed E-state index contributed by atoms with van der Waals surface area (Å²) in [7, 11) is 0. The van der Waals surface area contributed by atoms with Gasteiger partial charge in [0.2, 0.25) is 5.28 Å². The van der Waals surface area contributed by atoms with Crippen LogP contribution in [-0.4, -0.2) is 20.3 Å². The van der Waals surface area contributed by atoms with Crippen LogP contribution in [0.15, 0.2) is 18.2 Å². The summed E-state index contributed by atoms with van der Waals surface area (Å²) < 4.78 is 37.4. The Hall–Kier alpha value is -1.89. The lowest BCUT2D eigenvalue weighted by Gasteiger charge is -2.10. The van der Waals surface area contributed by atoms with Crippen LogP contribution in [0.3, 0.4) is 0 Å². The Balaban J connectivity index is 2.52. The van der Waals surface area contributed by atoms with E-state index in [1.54, 1.807) is 6.92 Å². The molecule has 0 aliphatic carbocycles. The molecule has 100 valence electrons. The minimum absolute atomic E-state index is 0.0762. The second-order valence-electron chi connectivity index (χ2n) is 3.74. The molecule has 8 heteroatoms. The van der Waals surface area contributed by atoms with Crippen molar-refractivity contribution in [3.05, 3.63) is 34.7 Å². The number of halogens is 4. The van der Waals surface area contributed by atoms with Crippen molar-refractivity contribution in [2.75, 3.05) is 0 Å². The van der Waals surface area contributed by atoms with E-state index in [-0.39, 0.29) is 16.5 Å². The number of aromatic hydroxyl groups is 1.